The minimum absolute atomic E-state index is 0. The van der Waals surface area contributed by atoms with Crippen LogP contribution in [0, 0.1) is 17.5 Å². The molecule has 1 amide bonds. The highest BCUT2D eigenvalue weighted by molar-refractivity contribution is 14.0. The number of rotatable bonds is 6. The van der Waals surface area contributed by atoms with Crippen molar-refractivity contribution in [3.63, 3.8) is 0 Å². The Morgan fingerprint density at radius 2 is 1.90 bits per heavy atom. The number of hydrogen-bond acceptors (Lipinski definition) is 4. The van der Waals surface area contributed by atoms with Gasteiger partial charge in [0, 0.05) is 12.7 Å². The fourth-order valence-corrected chi connectivity index (χ4v) is 2.47. The molecule has 30 heavy (non-hydrogen) atoms. The number of aliphatic imine (C=N–C) groups is 1. The number of nitrogens with one attached hydrogen (secondary N) is 3. The maximum absolute atomic E-state index is 13.6. The van der Waals surface area contributed by atoms with Crippen molar-refractivity contribution in [3.8, 4) is 0 Å². The molecular formula is C18H19F3IN7O. The number of nitrogens with zero attached hydrogens (tertiary/aromatic N) is 4. The Bertz CT molecular complexity index is 1060. The molecule has 0 aliphatic carbocycles. The first-order valence-corrected chi connectivity index (χ1v) is 8.73. The molecule has 2 aromatic heterocycles. The minimum atomic E-state index is -1.65. The Morgan fingerprint density at radius 3 is 2.67 bits per heavy atom. The van der Waals surface area contributed by atoms with E-state index in [2.05, 4.69) is 31.1 Å². The molecule has 0 atom stereocenters. The largest absolute Gasteiger partial charge is 0.357 e. The van der Waals surface area contributed by atoms with Gasteiger partial charge in [-0.15, -0.1) is 34.2 Å². The molecule has 2 heterocycles. The summed E-state index contributed by atoms with van der Waals surface area (Å²) in [5.41, 5.74) is 0.233. The first kappa shape index (κ1) is 23.4. The number of fused-ring (bicyclic) bond motifs is 1. The van der Waals surface area contributed by atoms with Gasteiger partial charge in [-0.3, -0.25) is 9.20 Å². The predicted octanol–water partition coefficient (Wildman–Crippen LogP) is 2.46. The fraction of sp³-hybridized carbons (Fsp3) is 0.222. The van der Waals surface area contributed by atoms with Gasteiger partial charge in [0.05, 0.1) is 12.2 Å². The Labute approximate surface area is 187 Å². The highest BCUT2D eigenvalue weighted by atomic mass is 127. The maximum Gasteiger partial charge on any atom is 0.243 e. The number of carbonyl (C=O) groups is 1. The number of anilines is 1. The second-order valence-electron chi connectivity index (χ2n) is 5.86. The Kier molecular flexibility index (Phi) is 8.38. The topological polar surface area (TPSA) is 95.7 Å². The standard InChI is InChI=1S/C18H18F3N7O.HI/c1-2-22-18(23-9-14-27-26-13-5-3-4-8-28(13)14)24-10-15(29)25-12-7-6-11(19)16(20)17(12)21;/h3-8H,2,9-10H2,1H3,(H,25,29)(H2,22,23,24);1H. The van der Waals surface area contributed by atoms with Gasteiger partial charge in [0.15, 0.2) is 34.9 Å². The van der Waals surface area contributed by atoms with E-state index in [0.29, 0.717) is 24.0 Å². The molecule has 8 nitrogen and oxygen atoms in total. The summed E-state index contributed by atoms with van der Waals surface area (Å²) < 4.78 is 41.6. The lowest BCUT2D eigenvalue weighted by molar-refractivity contribution is -0.115. The summed E-state index contributed by atoms with van der Waals surface area (Å²) in [6.45, 7) is 2.30. The van der Waals surface area contributed by atoms with Gasteiger partial charge in [0.25, 0.3) is 0 Å². The molecule has 0 saturated heterocycles. The molecule has 0 radical (unpaired) electrons. The molecule has 0 aliphatic heterocycles. The Morgan fingerprint density at radius 1 is 1.10 bits per heavy atom. The van der Waals surface area contributed by atoms with Crippen LogP contribution in [0.15, 0.2) is 41.5 Å². The number of pyridine rings is 1. The molecule has 0 aliphatic rings. The van der Waals surface area contributed by atoms with E-state index in [0.717, 1.165) is 12.1 Å². The predicted molar refractivity (Wildman–Crippen MR) is 116 cm³/mol. The fourth-order valence-electron chi connectivity index (χ4n) is 2.47. The number of aromatic nitrogens is 3. The molecule has 160 valence electrons. The second kappa shape index (κ2) is 10.8. The third-order valence-corrected chi connectivity index (χ3v) is 3.83. The summed E-state index contributed by atoms with van der Waals surface area (Å²) in [5.74, 6) is -4.18. The maximum atomic E-state index is 13.6. The van der Waals surface area contributed by atoms with E-state index in [-0.39, 0.29) is 37.1 Å². The van der Waals surface area contributed by atoms with Gasteiger partial charge in [-0.25, -0.2) is 18.2 Å². The van der Waals surface area contributed by atoms with Crippen LogP contribution in [-0.2, 0) is 11.3 Å². The summed E-state index contributed by atoms with van der Waals surface area (Å²) in [4.78, 5) is 16.3. The number of halogens is 4. The third-order valence-electron chi connectivity index (χ3n) is 3.83. The van der Waals surface area contributed by atoms with E-state index < -0.39 is 29.0 Å². The van der Waals surface area contributed by atoms with Crippen LogP contribution in [0.25, 0.3) is 5.65 Å². The SMILES string of the molecule is CCNC(=NCc1nnc2ccccn12)NCC(=O)Nc1ccc(F)c(F)c1F.I. The summed E-state index contributed by atoms with van der Waals surface area (Å²) >= 11 is 0. The van der Waals surface area contributed by atoms with E-state index in [4.69, 9.17) is 0 Å². The summed E-state index contributed by atoms with van der Waals surface area (Å²) in [7, 11) is 0. The van der Waals surface area contributed by atoms with Crippen LogP contribution in [0.2, 0.25) is 0 Å². The highest BCUT2D eigenvalue weighted by Crippen LogP contribution is 2.19. The number of guanidine groups is 1. The van der Waals surface area contributed by atoms with Crippen molar-refractivity contribution in [2.75, 3.05) is 18.4 Å². The zero-order valence-corrected chi connectivity index (χ0v) is 18.2. The lowest BCUT2D eigenvalue weighted by Crippen LogP contribution is -2.41. The van der Waals surface area contributed by atoms with Crippen molar-refractivity contribution in [2.45, 2.75) is 13.5 Å². The number of hydrogen-bond donors (Lipinski definition) is 3. The van der Waals surface area contributed by atoms with Crippen molar-refractivity contribution >= 4 is 47.2 Å². The number of benzene rings is 1. The lowest BCUT2D eigenvalue weighted by Gasteiger charge is -2.12. The number of carbonyl (C=O) groups excluding carboxylic acids is 1. The van der Waals surface area contributed by atoms with E-state index >= 15 is 0 Å². The monoisotopic (exact) mass is 533 g/mol. The van der Waals surface area contributed by atoms with Crippen LogP contribution in [0.4, 0.5) is 18.9 Å². The van der Waals surface area contributed by atoms with E-state index in [1.54, 1.807) is 4.40 Å². The van der Waals surface area contributed by atoms with Crippen molar-refractivity contribution in [3.05, 3.63) is 59.8 Å². The molecule has 3 N–H and O–H groups in total. The molecule has 12 heteroatoms. The van der Waals surface area contributed by atoms with Crippen LogP contribution in [0.5, 0.6) is 0 Å². The quantitative estimate of drug-likeness (QED) is 0.196. The van der Waals surface area contributed by atoms with Crippen molar-refractivity contribution in [1.82, 2.24) is 25.2 Å². The summed E-state index contributed by atoms with van der Waals surface area (Å²) in [5, 5.41) is 16.0. The van der Waals surface area contributed by atoms with E-state index in [1.165, 1.54) is 0 Å². The molecule has 0 fully saturated rings. The van der Waals surface area contributed by atoms with Gasteiger partial charge in [-0.2, -0.15) is 0 Å². The first-order chi connectivity index (χ1) is 14.0. The van der Waals surface area contributed by atoms with Gasteiger partial charge in [-0.05, 0) is 31.2 Å². The van der Waals surface area contributed by atoms with Crippen LogP contribution in [-0.4, -0.2) is 39.6 Å². The lowest BCUT2D eigenvalue weighted by atomic mass is 10.2. The van der Waals surface area contributed by atoms with Gasteiger partial charge >= 0.3 is 0 Å². The van der Waals surface area contributed by atoms with Gasteiger partial charge < -0.3 is 16.0 Å². The van der Waals surface area contributed by atoms with Crippen LogP contribution >= 0.6 is 24.0 Å². The Hall–Kier alpha value is -2.90. The molecule has 0 saturated carbocycles. The molecule has 3 rings (SSSR count). The average Bonchev–Trinajstić information content (AvgIpc) is 3.14. The molecule has 0 unspecified atom stereocenters. The molecule has 0 spiro atoms. The van der Waals surface area contributed by atoms with E-state index in [9.17, 15) is 18.0 Å². The van der Waals surface area contributed by atoms with Crippen molar-refractivity contribution in [1.29, 1.82) is 0 Å². The Balaban J connectivity index is 0.00000320. The van der Waals surface area contributed by atoms with Crippen molar-refractivity contribution in [2.24, 2.45) is 4.99 Å². The zero-order valence-electron chi connectivity index (χ0n) is 15.8. The molecular weight excluding hydrogens is 514 g/mol. The first-order valence-electron chi connectivity index (χ1n) is 8.73. The average molecular weight is 533 g/mol. The smallest absolute Gasteiger partial charge is 0.243 e. The van der Waals surface area contributed by atoms with Gasteiger partial charge in [0.2, 0.25) is 5.91 Å². The van der Waals surface area contributed by atoms with Crippen LogP contribution in [0.1, 0.15) is 12.7 Å². The van der Waals surface area contributed by atoms with Gasteiger partial charge in [-0.1, -0.05) is 6.07 Å². The van der Waals surface area contributed by atoms with Gasteiger partial charge in [0.1, 0.15) is 6.54 Å². The van der Waals surface area contributed by atoms with Crippen LogP contribution < -0.4 is 16.0 Å². The van der Waals surface area contributed by atoms with Crippen molar-refractivity contribution < 1.29 is 18.0 Å². The van der Waals surface area contributed by atoms with E-state index in [1.807, 2.05) is 31.3 Å². The second-order valence-corrected chi connectivity index (χ2v) is 5.86. The number of amides is 1. The highest BCUT2D eigenvalue weighted by Gasteiger charge is 2.15. The molecule has 1 aromatic carbocycles. The summed E-state index contributed by atoms with van der Waals surface area (Å²) in [6, 6.07) is 7.18. The normalized spacial score (nSPS) is 11.1. The summed E-state index contributed by atoms with van der Waals surface area (Å²) in [6.07, 6.45) is 1.81. The molecule has 3 aromatic rings. The zero-order chi connectivity index (χ0) is 20.8. The molecule has 0 bridgehead atoms. The third kappa shape index (κ3) is 5.58. The van der Waals surface area contributed by atoms with Crippen LogP contribution in [0.3, 0.4) is 0 Å². The minimum Gasteiger partial charge on any atom is -0.357 e.